The van der Waals surface area contributed by atoms with Gasteiger partial charge in [-0.3, -0.25) is 0 Å². The van der Waals surface area contributed by atoms with Crippen molar-refractivity contribution in [2.75, 3.05) is 0 Å². The third-order valence-electron chi connectivity index (χ3n) is 2.37. The maximum Gasteiger partial charge on any atom is 0.119 e. The average Bonchev–Trinajstić information content (AvgIpc) is 2.44. The summed E-state index contributed by atoms with van der Waals surface area (Å²) in [6.45, 7) is 8.08. The molecular weight excluding hydrogens is 455 g/mol. The van der Waals surface area contributed by atoms with Crippen molar-refractivity contribution < 1.29 is 9.47 Å². The molecule has 2 aromatic rings. The minimum absolute atomic E-state index is 0.246. The van der Waals surface area contributed by atoms with Crippen LogP contribution in [0.1, 0.15) is 27.7 Å². The number of ether oxygens (including phenoxy) is 2. The van der Waals surface area contributed by atoms with Gasteiger partial charge in [0, 0.05) is 8.04 Å². The van der Waals surface area contributed by atoms with E-state index in [-0.39, 0.29) is 12.2 Å². The third-order valence-corrected chi connectivity index (χ3v) is 3.62. The molecule has 0 saturated heterocycles. The van der Waals surface area contributed by atoms with Crippen molar-refractivity contribution in [2.45, 2.75) is 39.9 Å². The van der Waals surface area contributed by atoms with Crippen LogP contribution in [0, 0.1) is 3.57 Å². The van der Waals surface area contributed by atoms with Crippen molar-refractivity contribution in [2.24, 2.45) is 0 Å². The Kier molecular flexibility index (Phi) is 8.86. The van der Waals surface area contributed by atoms with Gasteiger partial charge in [-0.2, -0.15) is 0 Å². The van der Waals surface area contributed by atoms with Gasteiger partial charge < -0.3 is 9.47 Å². The number of halogens is 2. The minimum atomic E-state index is 0.246. The van der Waals surface area contributed by atoms with Gasteiger partial charge in [0.25, 0.3) is 0 Å². The minimum Gasteiger partial charge on any atom is -0.491 e. The van der Waals surface area contributed by atoms with Crippen molar-refractivity contribution >= 4 is 38.5 Å². The van der Waals surface area contributed by atoms with Crippen LogP contribution in [-0.4, -0.2) is 12.2 Å². The van der Waals surface area contributed by atoms with Gasteiger partial charge in [0.15, 0.2) is 0 Å². The molecular formula is C18H22BrIO2. The molecule has 0 aliphatic rings. The van der Waals surface area contributed by atoms with Gasteiger partial charge in [-0.05, 0) is 98.8 Å². The van der Waals surface area contributed by atoms with Gasteiger partial charge >= 0.3 is 0 Å². The summed E-state index contributed by atoms with van der Waals surface area (Å²) in [5, 5.41) is 0. The van der Waals surface area contributed by atoms with Crippen LogP contribution in [0.2, 0.25) is 0 Å². The molecule has 2 nitrogen and oxygen atoms in total. The van der Waals surface area contributed by atoms with Crippen molar-refractivity contribution in [1.29, 1.82) is 0 Å². The van der Waals surface area contributed by atoms with E-state index in [1.54, 1.807) is 0 Å². The van der Waals surface area contributed by atoms with Crippen molar-refractivity contribution in [3.63, 3.8) is 0 Å². The Labute approximate surface area is 155 Å². The number of hydrogen-bond donors (Lipinski definition) is 0. The molecule has 2 aromatic carbocycles. The van der Waals surface area contributed by atoms with E-state index in [1.807, 2.05) is 76.2 Å². The monoisotopic (exact) mass is 476 g/mol. The van der Waals surface area contributed by atoms with Crippen LogP contribution in [-0.2, 0) is 0 Å². The van der Waals surface area contributed by atoms with E-state index in [4.69, 9.17) is 9.47 Å². The first-order valence-corrected chi connectivity index (χ1v) is 9.08. The summed E-state index contributed by atoms with van der Waals surface area (Å²) < 4.78 is 13.2. The smallest absolute Gasteiger partial charge is 0.119 e. The number of rotatable bonds is 4. The second kappa shape index (κ2) is 10.1. The SMILES string of the molecule is CC(C)Oc1ccc(Br)cc1.CC(C)Oc1ccc(I)cc1. The lowest BCUT2D eigenvalue weighted by molar-refractivity contribution is 0.242. The Morgan fingerprint density at radius 1 is 0.727 bits per heavy atom. The molecule has 0 aliphatic carbocycles. The fourth-order valence-corrected chi connectivity index (χ4v) is 2.19. The average molecular weight is 477 g/mol. The van der Waals surface area contributed by atoms with Gasteiger partial charge in [0.05, 0.1) is 12.2 Å². The van der Waals surface area contributed by atoms with E-state index in [0.29, 0.717) is 0 Å². The van der Waals surface area contributed by atoms with E-state index in [2.05, 4.69) is 38.5 Å². The number of hydrogen-bond acceptors (Lipinski definition) is 2. The molecule has 4 heteroatoms. The van der Waals surface area contributed by atoms with E-state index >= 15 is 0 Å². The Bertz CT molecular complexity index is 485. The van der Waals surface area contributed by atoms with Crippen LogP contribution in [0.4, 0.5) is 0 Å². The normalized spacial score (nSPS) is 10.2. The van der Waals surface area contributed by atoms with Crippen LogP contribution in [0.3, 0.4) is 0 Å². The molecule has 0 unspecified atom stereocenters. The van der Waals surface area contributed by atoms with Gasteiger partial charge in [0.2, 0.25) is 0 Å². The van der Waals surface area contributed by atoms with Crippen LogP contribution in [0.15, 0.2) is 53.0 Å². The molecule has 0 bridgehead atoms. The Morgan fingerprint density at radius 2 is 1.09 bits per heavy atom. The van der Waals surface area contributed by atoms with Crippen LogP contribution < -0.4 is 9.47 Å². The van der Waals surface area contributed by atoms with Crippen LogP contribution in [0.25, 0.3) is 0 Å². The van der Waals surface area contributed by atoms with Crippen molar-refractivity contribution in [3.8, 4) is 11.5 Å². The molecule has 0 N–H and O–H groups in total. The first kappa shape index (κ1) is 19.3. The fourth-order valence-electron chi connectivity index (χ4n) is 1.57. The van der Waals surface area contributed by atoms with Gasteiger partial charge in [-0.25, -0.2) is 0 Å². The zero-order valence-corrected chi connectivity index (χ0v) is 17.1. The second-order valence-corrected chi connectivity index (χ2v) is 7.40. The maximum atomic E-state index is 5.47. The summed E-state index contributed by atoms with van der Waals surface area (Å²) >= 11 is 5.63. The third kappa shape index (κ3) is 8.63. The lowest BCUT2D eigenvalue weighted by atomic mass is 10.3. The molecule has 22 heavy (non-hydrogen) atoms. The zero-order valence-electron chi connectivity index (χ0n) is 13.3. The summed E-state index contributed by atoms with van der Waals surface area (Å²) in [5.74, 6) is 1.86. The van der Waals surface area contributed by atoms with E-state index in [0.717, 1.165) is 16.0 Å². The Morgan fingerprint density at radius 3 is 1.45 bits per heavy atom. The van der Waals surface area contributed by atoms with E-state index in [9.17, 15) is 0 Å². The quantitative estimate of drug-likeness (QED) is 0.481. The molecule has 0 amide bonds. The van der Waals surface area contributed by atoms with Crippen molar-refractivity contribution in [3.05, 3.63) is 56.6 Å². The first-order chi connectivity index (χ1) is 10.4. The van der Waals surface area contributed by atoms with Crippen LogP contribution >= 0.6 is 38.5 Å². The molecule has 0 saturated carbocycles. The molecule has 0 aliphatic heterocycles. The highest BCUT2D eigenvalue weighted by Crippen LogP contribution is 2.17. The number of benzene rings is 2. The molecule has 120 valence electrons. The summed E-state index contributed by atoms with van der Waals surface area (Å²) in [6, 6.07) is 15.9. The molecule has 0 radical (unpaired) electrons. The summed E-state index contributed by atoms with van der Waals surface area (Å²) in [7, 11) is 0. The first-order valence-electron chi connectivity index (χ1n) is 7.21. The van der Waals surface area contributed by atoms with Gasteiger partial charge in [-0.1, -0.05) is 15.9 Å². The van der Waals surface area contributed by atoms with Gasteiger partial charge in [-0.15, -0.1) is 0 Å². The highest BCUT2D eigenvalue weighted by molar-refractivity contribution is 14.1. The summed E-state index contributed by atoms with van der Waals surface area (Å²) in [4.78, 5) is 0. The zero-order chi connectivity index (χ0) is 16.5. The molecule has 0 fully saturated rings. The van der Waals surface area contributed by atoms with Crippen LogP contribution in [0.5, 0.6) is 11.5 Å². The van der Waals surface area contributed by atoms with E-state index in [1.165, 1.54) is 3.57 Å². The lowest BCUT2D eigenvalue weighted by Crippen LogP contribution is -2.05. The largest absolute Gasteiger partial charge is 0.491 e. The molecule has 0 aromatic heterocycles. The predicted molar refractivity (Wildman–Crippen MR) is 105 cm³/mol. The predicted octanol–water partition coefficient (Wildman–Crippen LogP) is 6.31. The maximum absolute atomic E-state index is 5.47. The fraction of sp³-hybridized carbons (Fsp3) is 0.333. The summed E-state index contributed by atoms with van der Waals surface area (Å²) in [6.07, 6.45) is 0.506. The highest BCUT2D eigenvalue weighted by Gasteiger charge is 1.96. The molecule has 0 atom stereocenters. The molecule has 2 rings (SSSR count). The highest BCUT2D eigenvalue weighted by atomic mass is 127. The second-order valence-electron chi connectivity index (χ2n) is 5.24. The van der Waals surface area contributed by atoms with Gasteiger partial charge in [0.1, 0.15) is 11.5 Å². The Balaban J connectivity index is 0.000000220. The van der Waals surface area contributed by atoms with Crippen molar-refractivity contribution in [1.82, 2.24) is 0 Å². The Hall–Kier alpha value is -0.750. The summed E-state index contributed by atoms with van der Waals surface area (Å²) in [5.41, 5.74) is 0. The van der Waals surface area contributed by atoms with E-state index < -0.39 is 0 Å². The topological polar surface area (TPSA) is 18.5 Å². The molecule has 0 spiro atoms. The lowest BCUT2D eigenvalue weighted by Gasteiger charge is -2.08. The standard InChI is InChI=1S/C9H11BrO.C9H11IO/c2*1-7(2)11-9-5-3-8(10)4-6-9/h2*3-7H,1-2H3. The molecule has 0 heterocycles.